The topological polar surface area (TPSA) is 29.9 Å². The third-order valence-electron chi connectivity index (χ3n) is 2.90. The number of pyridine rings is 1. The third kappa shape index (κ3) is 1.52. The molecule has 0 fully saturated rings. The smallest absolute Gasteiger partial charge is 0.155 e. The van der Waals surface area contributed by atoms with Crippen LogP contribution in [0.4, 0.5) is 0 Å². The van der Waals surface area contributed by atoms with Crippen LogP contribution in [0.3, 0.4) is 0 Å². The minimum Gasteiger partial charge on any atom is -0.313 e. The van der Waals surface area contributed by atoms with Gasteiger partial charge in [0.25, 0.3) is 0 Å². The molecule has 1 aliphatic rings. The maximum atomic E-state index is 6.28. The van der Waals surface area contributed by atoms with E-state index in [1.54, 1.807) is 10.3 Å². The van der Waals surface area contributed by atoms with Gasteiger partial charge >= 0.3 is 0 Å². The molecule has 0 unspecified atom stereocenters. The van der Waals surface area contributed by atoms with Crippen LogP contribution in [0.2, 0.25) is 0 Å². The van der Waals surface area contributed by atoms with Crippen molar-refractivity contribution in [3.8, 4) is 0 Å². The van der Waals surface area contributed by atoms with Crippen molar-refractivity contribution in [3.63, 3.8) is 0 Å². The van der Waals surface area contributed by atoms with Crippen molar-refractivity contribution in [3.05, 3.63) is 36.2 Å². The summed E-state index contributed by atoms with van der Waals surface area (Å²) in [6, 6.07) is 6.07. The second kappa shape index (κ2) is 3.92. The number of halogens is 1. The summed E-state index contributed by atoms with van der Waals surface area (Å²) in [6.45, 7) is 1.93. The summed E-state index contributed by atoms with van der Waals surface area (Å²) in [5.41, 5.74) is 3.20. The molecule has 0 radical (unpaired) electrons. The Morgan fingerprint density at radius 1 is 1.44 bits per heavy atom. The molecule has 0 spiro atoms. The van der Waals surface area contributed by atoms with Crippen molar-refractivity contribution >= 4 is 28.4 Å². The van der Waals surface area contributed by atoms with Gasteiger partial charge in [0.05, 0.1) is 5.69 Å². The zero-order valence-electron chi connectivity index (χ0n) is 8.78. The van der Waals surface area contributed by atoms with E-state index in [0.717, 1.165) is 36.2 Å². The first-order valence-electron chi connectivity index (χ1n) is 5.39. The van der Waals surface area contributed by atoms with Crippen LogP contribution in [0.15, 0.2) is 30.5 Å². The molecule has 1 N–H and O–H groups in total. The van der Waals surface area contributed by atoms with Crippen LogP contribution >= 0.6 is 11.8 Å². The van der Waals surface area contributed by atoms with E-state index in [4.69, 9.17) is 11.8 Å². The minimum atomic E-state index is 0.832. The summed E-state index contributed by atoms with van der Waals surface area (Å²) in [5.74, 6) is 0. The number of aromatic nitrogens is 2. The quantitative estimate of drug-likeness (QED) is 0.820. The van der Waals surface area contributed by atoms with Crippen molar-refractivity contribution in [2.75, 3.05) is 13.1 Å². The Labute approximate surface area is 98.8 Å². The van der Waals surface area contributed by atoms with Crippen molar-refractivity contribution in [1.82, 2.24) is 14.4 Å². The van der Waals surface area contributed by atoms with E-state index >= 15 is 0 Å². The average Bonchev–Trinajstić information content (AvgIpc) is 2.69. The zero-order valence-corrected chi connectivity index (χ0v) is 9.54. The van der Waals surface area contributed by atoms with Gasteiger partial charge in [0.1, 0.15) is 0 Å². The van der Waals surface area contributed by atoms with Gasteiger partial charge in [-0.25, -0.2) is 9.07 Å². The Morgan fingerprint density at radius 2 is 2.38 bits per heavy atom. The molecule has 0 bridgehead atoms. The van der Waals surface area contributed by atoms with Crippen molar-refractivity contribution in [2.45, 2.75) is 6.42 Å². The summed E-state index contributed by atoms with van der Waals surface area (Å²) in [4.78, 5) is 4.28. The Morgan fingerprint density at radius 3 is 3.12 bits per heavy atom. The lowest BCUT2D eigenvalue weighted by Gasteiger charge is -2.13. The second-order valence-electron chi connectivity index (χ2n) is 3.91. The number of rotatable bonds is 1. The van der Waals surface area contributed by atoms with E-state index < -0.39 is 0 Å². The summed E-state index contributed by atoms with van der Waals surface area (Å²) < 4.78 is 1.66. The second-order valence-corrected chi connectivity index (χ2v) is 4.25. The molecule has 82 valence electrons. The van der Waals surface area contributed by atoms with Gasteiger partial charge in [0, 0.05) is 29.9 Å². The van der Waals surface area contributed by atoms with Crippen molar-refractivity contribution in [2.24, 2.45) is 0 Å². The van der Waals surface area contributed by atoms with Gasteiger partial charge in [-0.05, 0) is 36.7 Å². The van der Waals surface area contributed by atoms with Gasteiger partial charge in [0.15, 0.2) is 5.65 Å². The molecule has 2 aromatic rings. The fourth-order valence-corrected chi connectivity index (χ4v) is 2.38. The van der Waals surface area contributed by atoms with E-state index in [-0.39, 0.29) is 0 Å². The first kappa shape index (κ1) is 9.87. The lowest BCUT2D eigenvalue weighted by Crippen LogP contribution is -2.20. The van der Waals surface area contributed by atoms with Gasteiger partial charge < -0.3 is 5.32 Å². The molecule has 2 aromatic heterocycles. The van der Waals surface area contributed by atoms with Crippen molar-refractivity contribution < 1.29 is 0 Å². The predicted octanol–water partition coefficient (Wildman–Crippen LogP) is 2.41. The number of nitrogens with zero attached hydrogens (tertiary/aromatic N) is 2. The Bertz CT molecular complexity index is 556. The summed E-state index contributed by atoms with van der Waals surface area (Å²) in [6.07, 6.45) is 4.97. The maximum absolute atomic E-state index is 6.28. The monoisotopic (exact) mass is 233 g/mol. The maximum Gasteiger partial charge on any atom is 0.155 e. The highest BCUT2D eigenvalue weighted by Gasteiger charge is 2.13. The molecule has 0 atom stereocenters. The molecule has 3 rings (SSSR count). The average molecular weight is 234 g/mol. The highest BCUT2D eigenvalue weighted by atomic mass is 35.5. The Hall–Kier alpha value is -1.32. The lowest BCUT2D eigenvalue weighted by atomic mass is 10.1. The molecular weight excluding hydrogens is 222 g/mol. The van der Waals surface area contributed by atoms with Gasteiger partial charge in [-0.1, -0.05) is 6.08 Å². The molecule has 4 heteroatoms. The summed E-state index contributed by atoms with van der Waals surface area (Å²) in [5, 5.41) is 4.38. The summed E-state index contributed by atoms with van der Waals surface area (Å²) >= 11 is 6.28. The van der Waals surface area contributed by atoms with Crippen LogP contribution in [-0.4, -0.2) is 22.2 Å². The lowest BCUT2D eigenvalue weighted by molar-refractivity contribution is 0.736. The SMILES string of the molecule is Cln1c(C2=CCNCC2)cc2cccnc21. The molecule has 0 aromatic carbocycles. The van der Waals surface area contributed by atoms with Crippen LogP contribution in [0, 0.1) is 0 Å². The highest BCUT2D eigenvalue weighted by Crippen LogP contribution is 2.27. The van der Waals surface area contributed by atoms with E-state index in [1.807, 2.05) is 12.1 Å². The molecule has 0 saturated heterocycles. The molecule has 3 heterocycles. The number of fused-ring (bicyclic) bond motifs is 1. The zero-order chi connectivity index (χ0) is 11.0. The predicted molar refractivity (Wildman–Crippen MR) is 66.4 cm³/mol. The molecule has 3 nitrogen and oxygen atoms in total. The van der Waals surface area contributed by atoms with Crippen LogP contribution in [0.25, 0.3) is 16.6 Å². The fraction of sp³-hybridized carbons (Fsp3) is 0.250. The number of hydrogen-bond acceptors (Lipinski definition) is 2. The summed E-state index contributed by atoms with van der Waals surface area (Å²) in [7, 11) is 0. The highest BCUT2D eigenvalue weighted by molar-refractivity contribution is 6.20. The van der Waals surface area contributed by atoms with Crippen molar-refractivity contribution in [1.29, 1.82) is 0 Å². The van der Waals surface area contributed by atoms with Gasteiger partial charge in [-0.3, -0.25) is 0 Å². The Kier molecular flexibility index (Phi) is 2.42. The minimum absolute atomic E-state index is 0.832. The number of nitrogens with one attached hydrogen (secondary N) is 1. The molecule has 0 saturated carbocycles. The third-order valence-corrected chi connectivity index (χ3v) is 3.24. The molecule has 0 amide bonds. The normalized spacial score (nSPS) is 16.4. The molecule has 1 aliphatic heterocycles. The Balaban J connectivity index is 2.16. The molecule has 16 heavy (non-hydrogen) atoms. The van der Waals surface area contributed by atoms with E-state index in [9.17, 15) is 0 Å². The molecule has 0 aliphatic carbocycles. The van der Waals surface area contributed by atoms with Gasteiger partial charge in [-0.15, -0.1) is 0 Å². The van der Waals surface area contributed by atoms with Gasteiger partial charge in [0.2, 0.25) is 0 Å². The first-order valence-corrected chi connectivity index (χ1v) is 5.73. The standard InChI is InChI=1S/C12H12ClN3/c13-16-11(9-3-6-14-7-4-9)8-10-2-1-5-15-12(10)16/h1-3,5,8,14H,4,6-7H2. The fourth-order valence-electron chi connectivity index (χ4n) is 2.08. The van der Waals surface area contributed by atoms with Crippen LogP contribution < -0.4 is 5.32 Å². The number of hydrogen-bond donors (Lipinski definition) is 1. The largest absolute Gasteiger partial charge is 0.313 e. The van der Waals surface area contributed by atoms with Crippen LogP contribution in [0.1, 0.15) is 12.1 Å². The van der Waals surface area contributed by atoms with Crippen LogP contribution in [-0.2, 0) is 0 Å². The van der Waals surface area contributed by atoms with Crippen LogP contribution in [0.5, 0.6) is 0 Å². The van der Waals surface area contributed by atoms with E-state index in [0.29, 0.717) is 0 Å². The van der Waals surface area contributed by atoms with Gasteiger partial charge in [-0.2, -0.15) is 0 Å². The van der Waals surface area contributed by atoms with E-state index in [1.165, 1.54) is 5.57 Å². The van der Waals surface area contributed by atoms with E-state index in [2.05, 4.69) is 22.4 Å². The molecular formula is C12H12ClN3. The first-order chi connectivity index (χ1) is 7.86.